The van der Waals surface area contributed by atoms with Crippen LogP contribution in [0.1, 0.15) is 65.0 Å². The highest BCUT2D eigenvalue weighted by Crippen LogP contribution is 2.69. The molecule has 3 aliphatic carbocycles. The molecule has 2 saturated carbocycles. The molecular weight excluding hydrogens is 548 g/mol. The van der Waals surface area contributed by atoms with E-state index >= 15 is 0 Å². The Labute approximate surface area is 243 Å². The van der Waals surface area contributed by atoms with Crippen LogP contribution in [-0.4, -0.2) is 61.7 Å². The van der Waals surface area contributed by atoms with Gasteiger partial charge in [0.2, 0.25) is 0 Å². The van der Waals surface area contributed by atoms with Gasteiger partial charge in [0, 0.05) is 28.2 Å². The number of aliphatic hydroxyl groups excluding tert-OH is 1. The first-order valence-electron chi connectivity index (χ1n) is 14.2. The van der Waals surface area contributed by atoms with Crippen molar-refractivity contribution in [1.29, 1.82) is 0 Å². The number of cyclic esters (lactones) is 1. The molecule has 1 aromatic heterocycles. The smallest absolute Gasteiger partial charge is 0.344 e. The van der Waals surface area contributed by atoms with Crippen molar-refractivity contribution in [1.82, 2.24) is 0 Å². The summed E-state index contributed by atoms with van der Waals surface area (Å²) in [6, 6.07) is 1.77. The number of methoxy groups -OCH3 is 2. The third-order valence-electron chi connectivity index (χ3n) is 10.7. The summed E-state index contributed by atoms with van der Waals surface area (Å²) in [6.07, 6.45) is 2.12. The van der Waals surface area contributed by atoms with E-state index in [2.05, 4.69) is 4.74 Å². The number of furan rings is 1. The fourth-order valence-corrected chi connectivity index (χ4v) is 8.95. The Morgan fingerprint density at radius 3 is 2.45 bits per heavy atom. The first-order valence-corrected chi connectivity index (χ1v) is 14.2. The SMILES string of the molecule is COC(=O)COC(=O)[C@@H]1[C@@H]2CC3=C4CC(=O)O[C@@H](c5ccoc5)[C@]4(C)CC[C@@H]3[C@@](C)(C2=O)[C@@H]([C@@H](O)C(=O)OC)C1(C)C. The highest BCUT2D eigenvalue weighted by Gasteiger charge is 2.71. The van der Waals surface area contributed by atoms with Crippen molar-refractivity contribution in [2.24, 2.45) is 39.9 Å². The van der Waals surface area contributed by atoms with E-state index in [1.807, 2.05) is 6.92 Å². The van der Waals surface area contributed by atoms with Crippen LogP contribution in [-0.2, 0) is 42.9 Å². The number of carbonyl (C=O) groups is 5. The van der Waals surface area contributed by atoms with Crippen LogP contribution in [0, 0.1) is 39.9 Å². The van der Waals surface area contributed by atoms with Crippen LogP contribution in [0.4, 0.5) is 0 Å². The van der Waals surface area contributed by atoms with Gasteiger partial charge in [0.25, 0.3) is 0 Å². The third-order valence-corrected chi connectivity index (χ3v) is 10.7. The Hall–Kier alpha value is -3.47. The fourth-order valence-electron chi connectivity index (χ4n) is 8.95. The van der Waals surface area contributed by atoms with Gasteiger partial charge in [-0.1, -0.05) is 33.3 Å². The molecule has 4 aliphatic rings. The van der Waals surface area contributed by atoms with Crippen molar-refractivity contribution in [2.45, 2.75) is 65.6 Å². The van der Waals surface area contributed by atoms with Gasteiger partial charge >= 0.3 is 23.9 Å². The van der Waals surface area contributed by atoms with Gasteiger partial charge in [-0.05, 0) is 42.2 Å². The van der Waals surface area contributed by atoms with E-state index in [0.29, 0.717) is 12.8 Å². The zero-order valence-corrected chi connectivity index (χ0v) is 24.8. The zero-order valence-electron chi connectivity index (χ0n) is 24.8. The second-order valence-corrected chi connectivity index (χ2v) is 13.0. The van der Waals surface area contributed by atoms with Gasteiger partial charge in [0.1, 0.15) is 11.9 Å². The molecular formula is C31H38O11. The van der Waals surface area contributed by atoms with Crippen molar-refractivity contribution in [3.8, 4) is 0 Å². The first kappa shape index (κ1) is 30.0. The number of ketones is 1. The van der Waals surface area contributed by atoms with E-state index in [9.17, 15) is 29.1 Å². The largest absolute Gasteiger partial charge is 0.472 e. The van der Waals surface area contributed by atoms with Gasteiger partial charge in [-0.25, -0.2) is 9.59 Å². The number of hydrogen-bond acceptors (Lipinski definition) is 11. The van der Waals surface area contributed by atoms with Crippen molar-refractivity contribution in [3.63, 3.8) is 0 Å². The second kappa shape index (κ2) is 10.4. The quantitative estimate of drug-likeness (QED) is 0.297. The lowest BCUT2D eigenvalue weighted by molar-refractivity contribution is -0.202. The summed E-state index contributed by atoms with van der Waals surface area (Å²) < 4.78 is 26.0. The molecule has 1 aliphatic heterocycles. The van der Waals surface area contributed by atoms with Crippen molar-refractivity contribution in [2.75, 3.05) is 20.8 Å². The Kier molecular flexibility index (Phi) is 7.40. The molecule has 1 saturated heterocycles. The minimum atomic E-state index is -1.72. The standard InChI is InChI=1S/C31H38O11/c1-29(2)22(27(36)41-14-21(33)38-5)17-11-16-18(31(4,25(17)35)24(29)23(34)28(37)39-6)7-9-30(3)19(16)12-20(32)42-26(30)15-8-10-40-13-15/h8,10,13,17-18,22-24,26,34H,7,9,11-12,14H2,1-6H3/t17-,18-,22-,23+,24-,26-,30+,31+/m0/s1. The predicted octanol–water partition coefficient (Wildman–Crippen LogP) is 3.10. The summed E-state index contributed by atoms with van der Waals surface area (Å²) in [4.78, 5) is 65.8. The monoisotopic (exact) mass is 586 g/mol. The van der Waals surface area contributed by atoms with Gasteiger partial charge in [-0.3, -0.25) is 14.4 Å². The molecule has 3 fully saturated rings. The zero-order chi connectivity index (χ0) is 30.8. The summed E-state index contributed by atoms with van der Waals surface area (Å²) >= 11 is 0. The van der Waals surface area contributed by atoms with Crippen LogP contribution in [0.15, 0.2) is 34.2 Å². The Morgan fingerprint density at radius 2 is 1.83 bits per heavy atom. The van der Waals surface area contributed by atoms with Crippen LogP contribution < -0.4 is 0 Å². The molecule has 11 heteroatoms. The van der Waals surface area contributed by atoms with Gasteiger partial charge in [0.15, 0.2) is 12.7 Å². The average Bonchev–Trinajstić information content (AvgIpc) is 3.48. The number of esters is 4. The van der Waals surface area contributed by atoms with Crippen LogP contribution in [0.25, 0.3) is 0 Å². The molecule has 0 aromatic carbocycles. The number of hydrogen-bond donors (Lipinski definition) is 1. The molecule has 0 unspecified atom stereocenters. The topological polar surface area (TPSA) is 156 Å². The number of carbonyl (C=O) groups excluding carboxylic acids is 5. The summed E-state index contributed by atoms with van der Waals surface area (Å²) in [5, 5.41) is 11.5. The van der Waals surface area contributed by atoms with Crippen LogP contribution in [0.5, 0.6) is 0 Å². The van der Waals surface area contributed by atoms with Crippen molar-refractivity contribution in [3.05, 3.63) is 35.3 Å². The number of allylic oxidation sites excluding steroid dienone is 1. The Bertz CT molecular complexity index is 1340. The second-order valence-electron chi connectivity index (χ2n) is 13.0. The summed E-state index contributed by atoms with van der Waals surface area (Å²) in [7, 11) is 2.32. The minimum Gasteiger partial charge on any atom is -0.472 e. The third kappa shape index (κ3) is 4.22. The minimum absolute atomic E-state index is 0.0265. The average molecular weight is 587 g/mol. The lowest BCUT2D eigenvalue weighted by Gasteiger charge is -2.64. The predicted molar refractivity (Wildman–Crippen MR) is 143 cm³/mol. The van der Waals surface area contributed by atoms with E-state index in [1.54, 1.807) is 33.1 Å². The fraction of sp³-hybridized carbons (Fsp3) is 0.645. The summed E-state index contributed by atoms with van der Waals surface area (Å²) in [6.45, 7) is 6.64. The molecule has 1 aromatic rings. The van der Waals surface area contributed by atoms with E-state index < -0.39 is 82.6 Å². The molecule has 1 N–H and O–H groups in total. The van der Waals surface area contributed by atoms with Crippen LogP contribution in [0.2, 0.25) is 0 Å². The number of Topliss-reactive ketones (excluding diaryl/α,β-unsaturated/α-hetero) is 1. The van der Waals surface area contributed by atoms with Crippen molar-refractivity contribution >= 4 is 29.7 Å². The lowest BCUT2D eigenvalue weighted by atomic mass is 9.38. The van der Waals surface area contributed by atoms with Gasteiger partial charge in [-0.2, -0.15) is 0 Å². The van der Waals surface area contributed by atoms with Crippen LogP contribution >= 0.6 is 0 Å². The summed E-state index contributed by atoms with van der Waals surface area (Å²) in [5.41, 5.74) is -0.529. The maximum absolute atomic E-state index is 14.5. The molecule has 2 heterocycles. The Morgan fingerprint density at radius 1 is 1.12 bits per heavy atom. The van der Waals surface area contributed by atoms with E-state index in [1.165, 1.54) is 13.4 Å². The van der Waals surface area contributed by atoms with Crippen molar-refractivity contribution < 1.29 is 52.4 Å². The molecule has 8 atom stereocenters. The first-order chi connectivity index (χ1) is 19.7. The normalized spacial score (nSPS) is 35.7. The number of fused-ring (bicyclic) bond motifs is 5. The highest BCUT2D eigenvalue weighted by atomic mass is 16.6. The van der Waals surface area contributed by atoms with E-state index in [-0.39, 0.29) is 18.6 Å². The molecule has 11 nitrogen and oxygen atoms in total. The number of rotatable bonds is 6. The van der Waals surface area contributed by atoms with Gasteiger partial charge in [0.05, 0.1) is 39.1 Å². The molecule has 0 spiro atoms. The van der Waals surface area contributed by atoms with Gasteiger partial charge < -0.3 is 28.5 Å². The lowest BCUT2D eigenvalue weighted by Crippen LogP contribution is -2.68. The molecule has 42 heavy (non-hydrogen) atoms. The molecule has 0 radical (unpaired) electrons. The van der Waals surface area contributed by atoms with Crippen LogP contribution in [0.3, 0.4) is 0 Å². The maximum atomic E-state index is 14.5. The van der Waals surface area contributed by atoms with Gasteiger partial charge in [-0.15, -0.1) is 0 Å². The maximum Gasteiger partial charge on any atom is 0.344 e. The van der Waals surface area contributed by atoms with E-state index in [4.69, 9.17) is 18.6 Å². The number of aliphatic hydroxyl groups is 1. The molecule has 2 bridgehead atoms. The van der Waals surface area contributed by atoms with E-state index in [0.717, 1.165) is 23.8 Å². The summed E-state index contributed by atoms with van der Waals surface area (Å²) in [5.74, 6) is -6.54. The number of ether oxygens (including phenoxy) is 4. The molecule has 228 valence electrons. The Balaban J connectivity index is 1.69. The molecule has 5 rings (SSSR count). The highest BCUT2D eigenvalue weighted by molar-refractivity contribution is 5.96. The molecule has 0 amide bonds.